The lowest BCUT2D eigenvalue weighted by Gasteiger charge is -2.35. The molecular weight excluding hydrogens is 178 g/mol. The fourth-order valence-electron chi connectivity index (χ4n) is 1.47. The zero-order valence-electron chi connectivity index (χ0n) is 7.81. The average molecular weight is 190 g/mol. The van der Waals surface area contributed by atoms with Gasteiger partial charge < -0.3 is 10.0 Å². The Morgan fingerprint density at radius 3 is 2.93 bits per heavy atom. The molecule has 0 atom stereocenters. The molecule has 0 saturated carbocycles. The number of rotatable bonds is 2. The number of carbonyl (C=O) groups is 1. The third-order valence-electron chi connectivity index (χ3n) is 2.33. The molecule has 0 unspecified atom stereocenters. The summed E-state index contributed by atoms with van der Waals surface area (Å²) in [6, 6.07) is 10.5. The van der Waals surface area contributed by atoms with Gasteiger partial charge in [-0.2, -0.15) is 0 Å². The van der Waals surface area contributed by atoms with Crippen LogP contribution in [0.5, 0.6) is 0 Å². The van der Waals surface area contributed by atoms with Gasteiger partial charge in [-0.1, -0.05) is 24.3 Å². The van der Waals surface area contributed by atoms with E-state index in [1.807, 2.05) is 18.2 Å². The van der Waals surface area contributed by atoms with Gasteiger partial charge in [0.1, 0.15) is 0 Å². The Balaban J connectivity index is 1.89. The van der Waals surface area contributed by atoms with Gasteiger partial charge in [-0.15, -0.1) is 0 Å². The number of likely N-dealkylation sites (tertiary alicyclic amines) is 1. The lowest BCUT2D eigenvalue weighted by Crippen LogP contribution is -2.53. The molecule has 1 aliphatic rings. The molecule has 1 aromatic carbocycles. The summed E-state index contributed by atoms with van der Waals surface area (Å²) >= 11 is 0. The van der Waals surface area contributed by atoms with Crippen molar-refractivity contribution in [3.05, 3.63) is 35.9 Å². The summed E-state index contributed by atoms with van der Waals surface area (Å²) in [6.07, 6.45) is 0.0619. The van der Waals surface area contributed by atoms with Crippen molar-refractivity contribution in [2.24, 2.45) is 0 Å². The molecule has 1 heterocycles. The number of aliphatic hydroxyl groups excluding tert-OH is 1. The van der Waals surface area contributed by atoms with Crippen molar-refractivity contribution in [1.82, 2.24) is 4.90 Å². The first kappa shape index (κ1) is 9.21. The van der Waals surface area contributed by atoms with Crippen molar-refractivity contribution in [1.29, 1.82) is 0 Å². The number of aliphatic hydroxyl groups is 1. The number of carbonyl (C=O) groups excluding carboxylic acids is 1. The van der Waals surface area contributed by atoms with Crippen LogP contribution in [-0.4, -0.2) is 35.1 Å². The Morgan fingerprint density at radius 2 is 2.36 bits per heavy atom. The summed E-state index contributed by atoms with van der Waals surface area (Å²) < 4.78 is 0. The highest BCUT2D eigenvalue weighted by Crippen LogP contribution is 2.10. The van der Waals surface area contributed by atoms with Crippen LogP contribution >= 0.6 is 0 Å². The van der Waals surface area contributed by atoms with Crippen molar-refractivity contribution in [2.75, 3.05) is 13.1 Å². The summed E-state index contributed by atoms with van der Waals surface area (Å²) in [4.78, 5) is 13.2. The number of hydrogen-bond acceptors (Lipinski definition) is 2. The van der Waals surface area contributed by atoms with Crippen molar-refractivity contribution in [2.45, 2.75) is 12.5 Å². The summed E-state index contributed by atoms with van der Waals surface area (Å²) in [7, 11) is 0. The largest absolute Gasteiger partial charge is 0.389 e. The van der Waals surface area contributed by atoms with Gasteiger partial charge in [0.05, 0.1) is 12.5 Å². The molecule has 1 fully saturated rings. The second-order valence-corrected chi connectivity index (χ2v) is 3.52. The molecule has 0 bridgehead atoms. The first-order chi connectivity index (χ1) is 6.75. The fourth-order valence-corrected chi connectivity index (χ4v) is 1.47. The molecule has 1 amide bonds. The van der Waals surface area contributed by atoms with Gasteiger partial charge in [0.15, 0.2) is 0 Å². The van der Waals surface area contributed by atoms with E-state index < -0.39 is 0 Å². The first-order valence-electron chi connectivity index (χ1n) is 4.67. The number of β-amino-alcohol motifs (C(OH)–C–C–N with tert-alkyl or cyclic N) is 1. The van der Waals surface area contributed by atoms with Crippen molar-refractivity contribution >= 4 is 5.91 Å². The molecule has 0 spiro atoms. The van der Waals surface area contributed by atoms with Gasteiger partial charge in [0.25, 0.3) is 0 Å². The Hall–Kier alpha value is -1.35. The number of amides is 1. The van der Waals surface area contributed by atoms with E-state index in [0.717, 1.165) is 5.56 Å². The van der Waals surface area contributed by atoms with Crippen LogP contribution in [0.15, 0.2) is 24.3 Å². The molecule has 73 valence electrons. The quantitative estimate of drug-likeness (QED) is 0.725. The van der Waals surface area contributed by atoms with Crippen LogP contribution in [0.25, 0.3) is 0 Å². The highest BCUT2D eigenvalue weighted by Gasteiger charge is 2.28. The van der Waals surface area contributed by atoms with Gasteiger partial charge >= 0.3 is 0 Å². The van der Waals surface area contributed by atoms with Crippen molar-refractivity contribution in [3.8, 4) is 0 Å². The molecule has 3 heteroatoms. The maximum Gasteiger partial charge on any atom is 0.227 e. The predicted octanol–water partition coefficient (Wildman–Crippen LogP) is 0.232. The van der Waals surface area contributed by atoms with E-state index in [0.29, 0.717) is 19.5 Å². The molecule has 1 aliphatic heterocycles. The summed E-state index contributed by atoms with van der Waals surface area (Å²) in [5, 5.41) is 9.03. The predicted molar refractivity (Wildman–Crippen MR) is 51.6 cm³/mol. The Bertz CT molecular complexity index is 317. The first-order valence-corrected chi connectivity index (χ1v) is 4.67. The van der Waals surface area contributed by atoms with Gasteiger partial charge in [0, 0.05) is 13.1 Å². The van der Waals surface area contributed by atoms with Gasteiger partial charge in [-0.05, 0) is 11.6 Å². The van der Waals surface area contributed by atoms with Crippen molar-refractivity contribution in [3.63, 3.8) is 0 Å². The van der Waals surface area contributed by atoms with Crippen LogP contribution in [0, 0.1) is 6.07 Å². The SMILES string of the molecule is O=C(Cc1[c]cccc1)N1CC(O)C1. The minimum absolute atomic E-state index is 0.0674. The Labute approximate surface area is 83.0 Å². The van der Waals surface area contributed by atoms with Crippen LogP contribution in [-0.2, 0) is 11.2 Å². The molecule has 1 N–H and O–H groups in total. The van der Waals surface area contributed by atoms with Gasteiger partial charge in [-0.25, -0.2) is 0 Å². The summed E-state index contributed by atoms with van der Waals surface area (Å²) in [5.41, 5.74) is 0.902. The minimum Gasteiger partial charge on any atom is -0.389 e. The molecule has 1 saturated heterocycles. The maximum absolute atomic E-state index is 11.5. The van der Waals surface area contributed by atoms with Crippen LogP contribution in [0.3, 0.4) is 0 Å². The molecule has 2 rings (SSSR count). The Morgan fingerprint density at radius 1 is 1.57 bits per heavy atom. The zero-order chi connectivity index (χ0) is 9.97. The minimum atomic E-state index is -0.321. The smallest absolute Gasteiger partial charge is 0.227 e. The van der Waals surface area contributed by atoms with Crippen LogP contribution < -0.4 is 0 Å². The second-order valence-electron chi connectivity index (χ2n) is 3.52. The van der Waals surface area contributed by atoms with Crippen molar-refractivity contribution < 1.29 is 9.90 Å². The zero-order valence-corrected chi connectivity index (χ0v) is 7.81. The normalized spacial score (nSPS) is 16.5. The molecule has 0 aromatic heterocycles. The highest BCUT2D eigenvalue weighted by atomic mass is 16.3. The lowest BCUT2D eigenvalue weighted by atomic mass is 10.1. The standard InChI is InChI=1S/C11H12NO2/c13-10-7-12(8-10)11(14)6-9-4-2-1-3-5-9/h1-4,10,13H,6-8H2. The average Bonchev–Trinajstić information content (AvgIpc) is 2.14. The van der Waals surface area contributed by atoms with Crippen LogP contribution in [0.4, 0.5) is 0 Å². The lowest BCUT2D eigenvalue weighted by molar-refractivity contribution is -0.140. The van der Waals surface area contributed by atoms with E-state index in [2.05, 4.69) is 6.07 Å². The van der Waals surface area contributed by atoms with E-state index in [-0.39, 0.29) is 12.0 Å². The van der Waals surface area contributed by atoms with E-state index in [1.54, 1.807) is 11.0 Å². The monoisotopic (exact) mass is 190 g/mol. The topological polar surface area (TPSA) is 40.5 Å². The van der Waals surface area contributed by atoms with Gasteiger partial charge in [-0.3, -0.25) is 4.79 Å². The van der Waals surface area contributed by atoms with Crippen LogP contribution in [0.1, 0.15) is 5.56 Å². The van der Waals surface area contributed by atoms with Crippen LogP contribution in [0.2, 0.25) is 0 Å². The molecule has 1 radical (unpaired) electrons. The van der Waals surface area contributed by atoms with E-state index in [1.165, 1.54) is 0 Å². The van der Waals surface area contributed by atoms with E-state index in [9.17, 15) is 4.79 Å². The number of benzene rings is 1. The summed E-state index contributed by atoms with van der Waals surface area (Å²) in [5.74, 6) is 0.0674. The van der Waals surface area contributed by atoms with E-state index >= 15 is 0 Å². The molecule has 0 aliphatic carbocycles. The molecule has 1 aromatic rings. The fraction of sp³-hybridized carbons (Fsp3) is 0.364. The highest BCUT2D eigenvalue weighted by molar-refractivity contribution is 5.79. The molecule has 3 nitrogen and oxygen atoms in total. The second kappa shape index (κ2) is 3.80. The van der Waals surface area contributed by atoms with Gasteiger partial charge in [0.2, 0.25) is 5.91 Å². The molecule has 14 heavy (non-hydrogen) atoms. The number of hydrogen-bond donors (Lipinski definition) is 1. The van der Waals surface area contributed by atoms with E-state index in [4.69, 9.17) is 5.11 Å². The third kappa shape index (κ3) is 1.93. The maximum atomic E-state index is 11.5. The third-order valence-corrected chi connectivity index (χ3v) is 2.33. The molecular formula is C11H12NO2. The number of nitrogens with zero attached hydrogens (tertiary/aromatic N) is 1. The Kier molecular flexibility index (Phi) is 2.50. The summed E-state index contributed by atoms with van der Waals surface area (Å²) in [6.45, 7) is 0.956.